The highest BCUT2D eigenvalue weighted by atomic mass is 19.4. The molecule has 9 heteroatoms. The molecule has 0 spiro atoms. The van der Waals surface area contributed by atoms with Crippen LogP contribution in [0.2, 0.25) is 0 Å². The molecule has 3 aromatic rings. The van der Waals surface area contributed by atoms with E-state index in [1.54, 1.807) is 19.1 Å². The summed E-state index contributed by atoms with van der Waals surface area (Å²) >= 11 is 0. The summed E-state index contributed by atoms with van der Waals surface area (Å²) in [4.78, 5) is 12.4. The van der Waals surface area contributed by atoms with Crippen molar-refractivity contribution in [1.29, 1.82) is 0 Å². The van der Waals surface area contributed by atoms with Crippen molar-refractivity contribution >= 4 is 11.7 Å². The van der Waals surface area contributed by atoms with E-state index in [-0.39, 0.29) is 18.1 Å². The number of hydrogen-bond acceptors (Lipinski definition) is 4. The number of aryl methyl sites for hydroxylation is 2. The van der Waals surface area contributed by atoms with Crippen molar-refractivity contribution in [3.63, 3.8) is 0 Å². The molecular weight excluding hydrogens is 399 g/mol. The summed E-state index contributed by atoms with van der Waals surface area (Å²) in [6.45, 7) is 3.15. The molecule has 1 amide bonds. The Morgan fingerprint density at radius 2 is 1.83 bits per heavy atom. The number of aromatic nitrogens is 2. The molecule has 0 atom stereocenters. The van der Waals surface area contributed by atoms with Crippen molar-refractivity contribution in [2.75, 3.05) is 19.0 Å². The van der Waals surface area contributed by atoms with Crippen molar-refractivity contribution in [2.24, 2.45) is 0 Å². The van der Waals surface area contributed by atoms with Gasteiger partial charge in [-0.1, -0.05) is 18.2 Å². The number of alkyl halides is 3. The Hall–Kier alpha value is -3.49. The maximum absolute atomic E-state index is 13.4. The minimum atomic E-state index is -4.57. The monoisotopic (exact) mass is 419 g/mol. The van der Waals surface area contributed by atoms with E-state index >= 15 is 0 Å². The van der Waals surface area contributed by atoms with E-state index in [2.05, 4.69) is 10.4 Å². The van der Waals surface area contributed by atoms with Gasteiger partial charge in [-0.15, -0.1) is 0 Å². The number of benzene rings is 2. The Morgan fingerprint density at radius 1 is 1.10 bits per heavy atom. The van der Waals surface area contributed by atoms with E-state index in [9.17, 15) is 18.0 Å². The Labute approximate surface area is 171 Å². The van der Waals surface area contributed by atoms with Gasteiger partial charge in [-0.2, -0.15) is 18.3 Å². The normalized spacial score (nSPS) is 11.3. The average Bonchev–Trinajstić information content (AvgIpc) is 3.06. The summed E-state index contributed by atoms with van der Waals surface area (Å²) in [5, 5.41) is 6.66. The predicted octanol–water partition coefficient (Wildman–Crippen LogP) is 4.53. The third kappa shape index (κ3) is 4.73. The number of carbonyl (C=O) groups is 1. The van der Waals surface area contributed by atoms with Gasteiger partial charge in [0.05, 0.1) is 24.1 Å². The summed E-state index contributed by atoms with van der Waals surface area (Å²) in [5.74, 6) is 0.407. The summed E-state index contributed by atoms with van der Waals surface area (Å²) in [6.07, 6.45) is -4.57. The second kappa shape index (κ2) is 8.48. The number of anilines is 1. The summed E-state index contributed by atoms with van der Waals surface area (Å²) in [6, 6.07) is 11.8. The van der Waals surface area contributed by atoms with Gasteiger partial charge in [-0.05, 0) is 43.7 Å². The number of nitrogens with zero attached hydrogens (tertiary/aromatic N) is 2. The molecule has 2 aromatic carbocycles. The van der Waals surface area contributed by atoms with E-state index in [0.717, 1.165) is 16.3 Å². The molecule has 1 aromatic heterocycles. The second-order valence-electron chi connectivity index (χ2n) is 6.59. The van der Waals surface area contributed by atoms with Crippen molar-refractivity contribution in [1.82, 2.24) is 9.78 Å². The zero-order valence-electron chi connectivity index (χ0n) is 16.6. The van der Waals surface area contributed by atoms with Gasteiger partial charge in [0.2, 0.25) is 0 Å². The fraction of sp³-hybridized carbons (Fsp3) is 0.238. The zero-order valence-corrected chi connectivity index (χ0v) is 16.6. The summed E-state index contributed by atoms with van der Waals surface area (Å²) in [5.41, 5.74) is 0.369. The first-order valence-electron chi connectivity index (χ1n) is 8.99. The second-order valence-corrected chi connectivity index (χ2v) is 6.59. The standard InChI is InChI=1S/C21H20F3N3O3/c1-13-8-9-17(18(10-13)29-3)30-12-20(28)25-19-11-14(2)26-27(19)16-7-5-4-6-15(16)21(22,23)24/h4-11H,12H2,1-3H3,(H,25,28). The van der Waals surface area contributed by atoms with Gasteiger partial charge in [0.15, 0.2) is 18.1 Å². The lowest BCUT2D eigenvalue weighted by Gasteiger charge is -2.15. The number of halogens is 3. The van der Waals surface area contributed by atoms with E-state index in [1.165, 1.54) is 31.4 Å². The molecule has 0 saturated carbocycles. The van der Waals surface area contributed by atoms with Crippen LogP contribution in [-0.4, -0.2) is 29.4 Å². The quantitative estimate of drug-likeness (QED) is 0.637. The first-order chi connectivity index (χ1) is 14.2. The predicted molar refractivity (Wildman–Crippen MR) is 105 cm³/mol. The molecule has 1 N–H and O–H groups in total. The summed E-state index contributed by atoms with van der Waals surface area (Å²) in [7, 11) is 1.49. The lowest BCUT2D eigenvalue weighted by molar-refractivity contribution is -0.137. The molecule has 1 heterocycles. The Balaban J connectivity index is 1.80. The van der Waals surface area contributed by atoms with E-state index in [0.29, 0.717) is 17.2 Å². The zero-order chi connectivity index (χ0) is 21.9. The maximum atomic E-state index is 13.4. The smallest absolute Gasteiger partial charge is 0.418 e. The van der Waals surface area contributed by atoms with Gasteiger partial charge in [-0.25, -0.2) is 4.68 Å². The highest BCUT2D eigenvalue weighted by Crippen LogP contribution is 2.34. The molecule has 0 radical (unpaired) electrons. The Kier molecular flexibility index (Phi) is 6.00. The molecule has 158 valence electrons. The van der Waals surface area contributed by atoms with Crippen molar-refractivity contribution < 1.29 is 27.4 Å². The number of rotatable bonds is 6. The molecule has 30 heavy (non-hydrogen) atoms. The van der Waals surface area contributed by atoms with Crippen LogP contribution >= 0.6 is 0 Å². The maximum Gasteiger partial charge on any atom is 0.418 e. The minimum Gasteiger partial charge on any atom is -0.493 e. The Morgan fingerprint density at radius 3 is 2.53 bits per heavy atom. The molecule has 0 bridgehead atoms. The van der Waals surface area contributed by atoms with Gasteiger partial charge in [0.1, 0.15) is 5.82 Å². The van der Waals surface area contributed by atoms with Crippen LogP contribution in [0.1, 0.15) is 16.8 Å². The van der Waals surface area contributed by atoms with Crippen LogP contribution in [0.5, 0.6) is 11.5 Å². The van der Waals surface area contributed by atoms with Gasteiger partial charge >= 0.3 is 6.18 Å². The molecular formula is C21H20F3N3O3. The van der Waals surface area contributed by atoms with Crippen LogP contribution in [0.4, 0.5) is 19.0 Å². The highest BCUT2D eigenvalue weighted by molar-refractivity contribution is 5.91. The molecule has 0 aliphatic carbocycles. The number of ether oxygens (including phenoxy) is 2. The summed E-state index contributed by atoms with van der Waals surface area (Å²) < 4.78 is 51.9. The van der Waals surface area contributed by atoms with Crippen LogP contribution in [-0.2, 0) is 11.0 Å². The number of para-hydroxylation sites is 1. The first kappa shape index (κ1) is 21.2. The van der Waals surface area contributed by atoms with Gasteiger partial charge in [0, 0.05) is 6.07 Å². The van der Waals surface area contributed by atoms with Crippen LogP contribution in [0.3, 0.4) is 0 Å². The molecule has 6 nitrogen and oxygen atoms in total. The van der Waals surface area contributed by atoms with Gasteiger partial charge in [-0.3, -0.25) is 4.79 Å². The lowest BCUT2D eigenvalue weighted by Crippen LogP contribution is -2.22. The van der Waals surface area contributed by atoms with Crippen LogP contribution in [0.25, 0.3) is 5.69 Å². The minimum absolute atomic E-state index is 0.105. The molecule has 0 fully saturated rings. The topological polar surface area (TPSA) is 65.4 Å². The number of nitrogens with one attached hydrogen (secondary N) is 1. The van der Waals surface area contributed by atoms with Crippen LogP contribution in [0.15, 0.2) is 48.5 Å². The number of hydrogen-bond donors (Lipinski definition) is 1. The third-order valence-corrected chi connectivity index (χ3v) is 4.21. The lowest BCUT2D eigenvalue weighted by atomic mass is 10.1. The van der Waals surface area contributed by atoms with Crippen LogP contribution < -0.4 is 14.8 Å². The highest BCUT2D eigenvalue weighted by Gasteiger charge is 2.34. The number of methoxy groups -OCH3 is 1. The molecule has 0 unspecified atom stereocenters. The van der Waals surface area contributed by atoms with Gasteiger partial charge < -0.3 is 14.8 Å². The fourth-order valence-electron chi connectivity index (χ4n) is 2.89. The largest absolute Gasteiger partial charge is 0.493 e. The molecule has 0 aliphatic rings. The molecule has 0 aliphatic heterocycles. The fourth-order valence-corrected chi connectivity index (χ4v) is 2.89. The first-order valence-corrected chi connectivity index (χ1v) is 8.99. The molecule has 0 saturated heterocycles. The SMILES string of the molecule is COc1cc(C)ccc1OCC(=O)Nc1cc(C)nn1-c1ccccc1C(F)(F)F. The van der Waals surface area contributed by atoms with Crippen LogP contribution in [0, 0.1) is 13.8 Å². The van der Waals surface area contributed by atoms with E-state index in [1.807, 2.05) is 13.0 Å². The van der Waals surface area contributed by atoms with Crippen molar-refractivity contribution in [3.8, 4) is 17.2 Å². The Bertz CT molecular complexity index is 1060. The third-order valence-electron chi connectivity index (χ3n) is 4.21. The average molecular weight is 419 g/mol. The number of amides is 1. The number of carbonyl (C=O) groups excluding carboxylic acids is 1. The van der Waals surface area contributed by atoms with Crippen molar-refractivity contribution in [3.05, 3.63) is 65.4 Å². The van der Waals surface area contributed by atoms with E-state index < -0.39 is 17.6 Å². The molecule has 3 rings (SSSR count). The van der Waals surface area contributed by atoms with E-state index in [4.69, 9.17) is 9.47 Å². The van der Waals surface area contributed by atoms with Crippen molar-refractivity contribution in [2.45, 2.75) is 20.0 Å². The van der Waals surface area contributed by atoms with Gasteiger partial charge in [0.25, 0.3) is 5.91 Å².